The van der Waals surface area contributed by atoms with Crippen LogP contribution in [0.1, 0.15) is 43.2 Å². The predicted molar refractivity (Wildman–Crippen MR) is 92.1 cm³/mol. The van der Waals surface area contributed by atoms with Gasteiger partial charge < -0.3 is 9.84 Å². The fourth-order valence-electron chi connectivity index (χ4n) is 5.26. The maximum Gasteiger partial charge on any atom is 0.131 e. The number of ether oxygens (including phenoxy) is 1. The first-order chi connectivity index (χ1) is 11.0. The summed E-state index contributed by atoms with van der Waals surface area (Å²) in [5.74, 6) is 5.34. The molecule has 120 valence electrons. The van der Waals surface area contributed by atoms with Crippen LogP contribution in [0.15, 0.2) is 23.8 Å². The van der Waals surface area contributed by atoms with E-state index in [4.69, 9.17) is 22.8 Å². The second-order valence-corrected chi connectivity index (χ2v) is 8.16. The van der Waals surface area contributed by atoms with Crippen molar-refractivity contribution < 1.29 is 9.84 Å². The molecule has 1 N–H and O–H groups in total. The van der Waals surface area contributed by atoms with Crippen LogP contribution < -0.4 is 0 Å². The van der Waals surface area contributed by atoms with Gasteiger partial charge in [0, 0.05) is 10.4 Å². The molecule has 0 aromatic heterocycles. The van der Waals surface area contributed by atoms with Gasteiger partial charge in [-0.1, -0.05) is 5.92 Å². The fourth-order valence-corrected chi connectivity index (χ4v) is 5.85. The highest BCUT2D eigenvalue weighted by Crippen LogP contribution is 2.61. The van der Waals surface area contributed by atoms with Crippen molar-refractivity contribution in [2.45, 2.75) is 37.0 Å². The molecule has 4 bridgehead atoms. The van der Waals surface area contributed by atoms with Crippen molar-refractivity contribution in [1.82, 2.24) is 0 Å². The Bertz CT molecular complexity index is 710. The number of phenols is 1. The molecule has 4 fully saturated rings. The van der Waals surface area contributed by atoms with Gasteiger partial charge in [0.25, 0.3) is 0 Å². The lowest BCUT2D eigenvalue weighted by atomic mass is 9.53. The maximum atomic E-state index is 10.1. The standard InChI is InChI=1S/C20H21ClO2/c1-3-13-4-5-14(8-17(13)22)19(23-2)18-15-6-12-7-16(18)11-20(21,9-12)10-15/h1,4-5,8,12,15-16,22H,6-7,9-11H2,2H3. The minimum atomic E-state index is 0.00825. The number of allylic oxidation sites excluding steroid dienone is 1. The van der Waals surface area contributed by atoms with Crippen LogP contribution in [0.3, 0.4) is 0 Å². The van der Waals surface area contributed by atoms with Crippen LogP contribution in [0.4, 0.5) is 0 Å². The molecule has 0 radical (unpaired) electrons. The van der Waals surface area contributed by atoms with Gasteiger partial charge in [-0.15, -0.1) is 18.0 Å². The zero-order valence-corrected chi connectivity index (χ0v) is 14.1. The summed E-state index contributed by atoms with van der Waals surface area (Å²) >= 11 is 6.83. The highest BCUT2D eigenvalue weighted by atomic mass is 35.5. The number of alkyl halides is 1. The summed E-state index contributed by atoms with van der Waals surface area (Å²) in [5, 5.41) is 10.1. The molecule has 23 heavy (non-hydrogen) atoms. The summed E-state index contributed by atoms with van der Waals surface area (Å²) in [6, 6.07) is 5.45. The number of halogens is 1. The smallest absolute Gasteiger partial charge is 0.131 e. The molecule has 5 rings (SSSR count). The van der Waals surface area contributed by atoms with E-state index in [0.29, 0.717) is 17.4 Å². The monoisotopic (exact) mass is 328 g/mol. The van der Waals surface area contributed by atoms with E-state index in [-0.39, 0.29) is 10.6 Å². The van der Waals surface area contributed by atoms with Gasteiger partial charge in [-0.2, -0.15) is 0 Å². The molecule has 2 atom stereocenters. The van der Waals surface area contributed by atoms with Gasteiger partial charge in [0.15, 0.2) is 0 Å². The minimum absolute atomic E-state index is 0.00825. The Morgan fingerprint density at radius 1 is 1.30 bits per heavy atom. The summed E-state index contributed by atoms with van der Waals surface area (Å²) in [6.45, 7) is 0. The van der Waals surface area contributed by atoms with Crippen molar-refractivity contribution in [1.29, 1.82) is 0 Å². The van der Waals surface area contributed by atoms with Crippen LogP contribution in [0.25, 0.3) is 5.76 Å². The Kier molecular flexibility index (Phi) is 3.39. The number of methoxy groups -OCH3 is 1. The van der Waals surface area contributed by atoms with Gasteiger partial charge in [0.05, 0.1) is 12.7 Å². The van der Waals surface area contributed by atoms with E-state index in [1.165, 1.54) is 24.8 Å². The van der Waals surface area contributed by atoms with Crippen molar-refractivity contribution >= 4 is 17.4 Å². The highest BCUT2D eigenvalue weighted by Gasteiger charge is 2.53. The lowest BCUT2D eigenvalue weighted by Crippen LogP contribution is -2.48. The summed E-state index contributed by atoms with van der Waals surface area (Å²) in [5.41, 5.74) is 2.83. The Morgan fingerprint density at radius 3 is 2.52 bits per heavy atom. The zero-order valence-electron chi connectivity index (χ0n) is 13.3. The third kappa shape index (κ3) is 2.34. The van der Waals surface area contributed by atoms with Crippen molar-refractivity contribution in [3.63, 3.8) is 0 Å². The highest BCUT2D eigenvalue weighted by molar-refractivity contribution is 6.24. The van der Waals surface area contributed by atoms with E-state index in [9.17, 15) is 5.11 Å². The molecule has 0 spiro atoms. The van der Waals surface area contributed by atoms with Gasteiger partial charge in [-0.05, 0) is 73.6 Å². The first kappa shape index (κ1) is 15.0. The quantitative estimate of drug-likeness (QED) is 0.490. The Hall–Kier alpha value is -1.59. The average molecular weight is 329 g/mol. The van der Waals surface area contributed by atoms with Gasteiger partial charge in [0.2, 0.25) is 0 Å². The van der Waals surface area contributed by atoms with Crippen LogP contribution >= 0.6 is 11.6 Å². The fraction of sp³-hybridized carbons (Fsp3) is 0.500. The molecule has 0 amide bonds. The van der Waals surface area contributed by atoms with E-state index in [2.05, 4.69) is 5.92 Å². The molecule has 4 saturated carbocycles. The number of aromatic hydroxyl groups is 1. The zero-order chi connectivity index (χ0) is 16.2. The summed E-state index contributed by atoms with van der Waals surface area (Å²) in [4.78, 5) is 0.00825. The molecule has 1 aromatic rings. The lowest BCUT2D eigenvalue weighted by molar-refractivity contribution is 0.0843. The topological polar surface area (TPSA) is 29.5 Å². The van der Waals surface area contributed by atoms with Crippen LogP contribution in [-0.4, -0.2) is 17.1 Å². The normalized spacial score (nSPS) is 34.3. The Labute approximate surface area is 142 Å². The molecule has 2 nitrogen and oxygen atoms in total. The number of terminal acetylenes is 1. The molecule has 4 aliphatic rings. The first-order valence-electron chi connectivity index (χ1n) is 8.30. The maximum absolute atomic E-state index is 10.1. The van der Waals surface area contributed by atoms with Crippen LogP contribution in [-0.2, 0) is 4.74 Å². The number of benzene rings is 1. The molecule has 1 aromatic carbocycles. The van der Waals surface area contributed by atoms with Crippen molar-refractivity contribution in [3.05, 3.63) is 34.9 Å². The summed E-state index contributed by atoms with van der Waals surface area (Å²) in [6.07, 6.45) is 11.1. The van der Waals surface area contributed by atoms with Crippen LogP contribution in [0, 0.1) is 30.1 Å². The molecule has 3 heteroatoms. The van der Waals surface area contributed by atoms with Gasteiger partial charge in [-0.25, -0.2) is 0 Å². The SMILES string of the molecule is C#Cc1ccc(C(OC)=C2C3CC4CC2CC(Cl)(C4)C3)cc1O. The number of rotatable bonds is 2. The second kappa shape index (κ2) is 5.21. The molecule has 0 aliphatic heterocycles. The van der Waals surface area contributed by atoms with E-state index < -0.39 is 0 Å². The molecule has 4 aliphatic carbocycles. The second-order valence-electron chi connectivity index (χ2n) is 7.36. The molecular formula is C20H21ClO2. The molecule has 0 saturated heterocycles. The number of hydrogen-bond donors (Lipinski definition) is 1. The third-order valence-electron chi connectivity index (χ3n) is 5.88. The van der Waals surface area contributed by atoms with E-state index in [1.807, 2.05) is 6.07 Å². The average Bonchev–Trinajstić information content (AvgIpc) is 2.49. The minimum Gasteiger partial charge on any atom is -0.507 e. The van der Waals surface area contributed by atoms with E-state index in [1.54, 1.807) is 19.2 Å². The van der Waals surface area contributed by atoms with Crippen molar-refractivity contribution in [2.75, 3.05) is 7.11 Å². The summed E-state index contributed by atoms with van der Waals surface area (Å²) < 4.78 is 5.80. The molecule has 0 heterocycles. The number of hydrogen-bond acceptors (Lipinski definition) is 2. The largest absolute Gasteiger partial charge is 0.507 e. The predicted octanol–water partition coefficient (Wildman–Crippen LogP) is 4.55. The Balaban J connectivity index is 1.79. The molecule has 2 unspecified atom stereocenters. The third-order valence-corrected chi connectivity index (χ3v) is 6.34. The first-order valence-corrected chi connectivity index (χ1v) is 8.68. The van der Waals surface area contributed by atoms with E-state index in [0.717, 1.165) is 30.1 Å². The number of phenolic OH excluding ortho intramolecular Hbond substituents is 1. The summed E-state index contributed by atoms with van der Waals surface area (Å²) in [7, 11) is 1.72. The van der Waals surface area contributed by atoms with Gasteiger partial charge in [0.1, 0.15) is 11.5 Å². The lowest BCUT2D eigenvalue weighted by Gasteiger charge is -2.55. The molecular weight excluding hydrogens is 308 g/mol. The van der Waals surface area contributed by atoms with Gasteiger partial charge in [-0.3, -0.25) is 0 Å². The van der Waals surface area contributed by atoms with Crippen molar-refractivity contribution in [3.8, 4) is 18.1 Å². The Morgan fingerprint density at radius 2 is 2.00 bits per heavy atom. The van der Waals surface area contributed by atoms with Gasteiger partial charge >= 0.3 is 0 Å². The van der Waals surface area contributed by atoms with Crippen molar-refractivity contribution in [2.24, 2.45) is 17.8 Å². The van der Waals surface area contributed by atoms with Crippen LogP contribution in [0.2, 0.25) is 0 Å². The van der Waals surface area contributed by atoms with Crippen LogP contribution in [0.5, 0.6) is 5.75 Å². The van der Waals surface area contributed by atoms with E-state index >= 15 is 0 Å².